The molecule has 2 aromatic heterocycles. The highest BCUT2D eigenvalue weighted by molar-refractivity contribution is 5.15. The zero-order chi connectivity index (χ0) is 13.0. The summed E-state index contributed by atoms with van der Waals surface area (Å²) in [5, 5.41) is 11.5. The summed E-state index contributed by atoms with van der Waals surface area (Å²) in [6, 6.07) is 2.55. The lowest BCUT2D eigenvalue weighted by Gasteiger charge is -2.11. The molecule has 5 nitrogen and oxygen atoms in total. The van der Waals surface area contributed by atoms with E-state index in [0.717, 1.165) is 25.2 Å². The van der Waals surface area contributed by atoms with Gasteiger partial charge in [0.05, 0.1) is 6.54 Å². The monoisotopic (exact) mass is 247 g/mol. The fourth-order valence-corrected chi connectivity index (χ4v) is 1.95. The summed E-state index contributed by atoms with van der Waals surface area (Å²) < 4.78 is 3.87. The quantitative estimate of drug-likeness (QED) is 0.845. The maximum atomic E-state index is 4.09. The smallest absolute Gasteiger partial charge is 0.102 e. The van der Waals surface area contributed by atoms with Gasteiger partial charge >= 0.3 is 0 Å². The van der Waals surface area contributed by atoms with Crippen molar-refractivity contribution in [3.8, 4) is 0 Å². The lowest BCUT2D eigenvalue weighted by molar-refractivity contribution is 0.569. The van der Waals surface area contributed by atoms with E-state index < -0.39 is 0 Å². The van der Waals surface area contributed by atoms with Gasteiger partial charge in [0.1, 0.15) is 5.69 Å². The Balaban J connectivity index is 1.97. The van der Waals surface area contributed by atoms with E-state index >= 15 is 0 Å². The molecule has 0 fully saturated rings. The third kappa shape index (κ3) is 3.20. The van der Waals surface area contributed by atoms with Gasteiger partial charge in [-0.2, -0.15) is 0 Å². The van der Waals surface area contributed by atoms with E-state index in [1.165, 1.54) is 5.56 Å². The molecule has 0 spiro atoms. The molecule has 0 radical (unpaired) electrons. The van der Waals surface area contributed by atoms with E-state index in [4.69, 9.17) is 0 Å². The molecule has 2 rings (SSSR count). The first-order chi connectivity index (χ1) is 8.69. The predicted octanol–water partition coefficient (Wildman–Crippen LogP) is 1.73. The summed E-state index contributed by atoms with van der Waals surface area (Å²) in [6.07, 6.45) is 7.36. The lowest BCUT2D eigenvalue weighted by Crippen LogP contribution is -2.18. The van der Waals surface area contributed by atoms with Gasteiger partial charge in [0, 0.05) is 31.7 Å². The van der Waals surface area contributed by atoms with Crippen molar-refractivity contribution in [3.05, 3.63) is 35.9 Å². The molecule has 0 saturated carbocycles. The van der Waals surface area contributed by atoms with Gasteiger partial charge in [0.15, 0.2) is 0 Å². The molecule has 18 heavy (non-hydrogen) atoms. The molecular formula is C13H21N5. The molecule has 0 saturated heterocycles. The van der Waals surface area contributed by atoms with Crippen molar-refractivity contribution in [1.29, 1.82) is 0 Å². The van der Waals surface area contributed by atoms with Crippen LogP contribution in [-0.4, -0.2) is 26.1 Å². The predicted molar refractivity (Wildman–Crippen MR) is 71.2 cm³/mol. The summed E-state index contributed by atoms with van der Waals surface area (Å²) in [5.41, 5.74) is 2.29. The zero-order valence-corrected chi connectivity index (χ0v) is 11.3. The van der Waals surface area contributed by atoms with Gasteiger partial charge in [0.25, 0.3) is 0 Å². The minimum Gasteiger partial charge on any atom is -0.348 e. The molecule has 5 heteroatoms. The lowest BCUT2D eigenvalue weighted by atomic mass is 10.2. The molecular weight excluding hydrogens is 226 g/mol. The van der Waals surface area contributed by atoms with Crippen LogP contribution in [0.1, 0.15) is 37.6 Å². The third-order valence-electron chi connectivity index (χ3n) is 2.97. The minimum atomic E-state index is 0.396. The van der Waals surface area contributed by atoms with Gasteiger partial charge < -0.3 is 9.88 Å². The number of aryl methyl sites for hydroxylation is 1. The Morgan fingerprint density at radius 3 is 2.89 bits per heavy atom. The highest BCUT2D eigenvalue weighted by Gasteiger charge is 2.06. The van der Waals surface area contributed by atoms with Crippen LogP contribution in [0, 0.1) is 0 Å². The maximum Gasteiger partial charge on any atom is 0.102 e. The van der Waals surface area contributed by atoms with Gasteiger partial charge in [-0.25, -0.2) is 0 Å². The van der Waals surface area contributed by atoms with Gasteiger partial charge in [-0.15, -0.1) is 5.10 Å². The van der Waals surface area contributed by atoms with Crippen LogP contribution in [0.5, 0.6) is 0 Å². The summed E-state index contributed by atoms with van der Waals surface area (Å²) >= 11 is 0. The van der Waals surface area contributed by atoms with Gasteiger partial charge in [0.2, 0.25) is 0 Å². The van der Waals surface area contributed by atoms with Crippen LogP contribution < -0.4 is 5.32 Å². The summed E-state index contributed by atoms with van der Waals surface area (Å²) in [4.78, 5) is 0. The van der Waals surface area contributed by atoms with Crippen molar-refractivity contribution >= 4 is 0 Å². The van der Waals surface area contributed by atoms with Gasteiger partial charge in [-0.1, -0.05) is 12.1 Å². The molecule has 0 bridgehead atoms. The van der Waals surface area contributed by atoms with Crippen molar-refractivity contribution in [2.75, 3.05) is 6.54 Å². The van der Waals surface area contributed by atoms with E-state index in [-0.39, 0.29) is 0 Å². The second-order valence-electron chi connectivity index (χ2n) is 4.68. The average Bonchev–Trinajstić information content (AvgIpc) is 2.96. The highest BCUT2D eigenvalue weighted by atomic mass is 15.4. The van der Waals surface area contributed by atoms with E-state index in [0.29, 0.717) is 6.04 Å². The van der Waals surface area contributed by atoms with E-state index in [1.54, 1.807) is 4.68 Å². The minimum absolute atomic E-state index is 0.396. The van der Waals surface area contributed by atoms with Crippen LogP contribution in [0.4, 0.5) is 0 Å². The Hall–Kier alpha value is -1.62. The van der Waals surface area contributed by atoms with E-state index in [9.17, 15) is 0 Å². The Morgan fingerprint density at radius 1 is 1.39 bits per heavy atom. The van der Waals surface area contributed by atoms with Crippen LogP contribution in [0.2, 0.25) is 0 Å². The Morgan fingerprint density at radius 2 is 2.22 bits per heavy atom. The molecule has 0 aliphatic rings. The summed E-state index contributed by atoms with van der Waals surface area (Å²) in [6.45, 7) is 6.20. The third-order valence-corrected chi connectivity index (χ3v) is 2.97. The van der Waals surface area contributed by atoms with Crippen molar-refractivity contribution in [3.63, 3.8) is 0 Å². The number of hydrogen-bond donors (Lipinski definition) is 1. The summed E-state index contributed by atoms with van der Waals surface area (Å²) in [7, 11) is 1.88. The molecule has 2 aromatic rings. The Bertz CT molecular complexity index is 485. The molecule has 0 amide bonds. The molecule has 0 aliphatic carbocycles. The first kappa shape index (κ1) is 12.8. The van der Waals surface area contributed by atoms with Gasteiger partial charge in [-0.05, 0) is 31.5 Å². The SMILES string of the molecule is CCCNC(C)c1ccn(Cc2cn(C)nn2)c1. The largest absolute Gasteiger partial charge is 0.348 e. The molecule has 1 atom stereocenters. The Labute approximate surface area is 108 Å². The van der Waals surface area contributed by atoms with Crippen LogP contribution in [0.15, 0.2) is 24.7 Å². The molecule has 1 unspecified atom stereocenters. The van der Waals surface area contributed by atoms with E-state index in [1.807, 2.05) is 13.2 Å². The molecule has 0 aromatic carbocycles. The van der Waals surface area contributed by atoms with E-state index in [2.05, 4.69) is 52.5 Å². The number of rotatable bonds is 6. The fraction of sp³-hybridized carbons (Fsp3) is 0.538. The van der Waals surface area contributed by atoms with Crippen molar-refractivity contribution in [2.45, 2.75) is 32.9 Å². The summed E-state index contributed by atoms with van der Waals surface area (Å²) in [5.74, 6) is 0. The standard InChI is InChI=1S/C13H21N5/c1-4-6-14-11(2)12-5-7-18(8-12)10-13-9-17(3)16-15-13/h5,7-9,11,14H,4,6,10H2,1-3H3. The number of aromatic nitrogens is 4. The second-order valence-corrected chi connectivity index (χ2v) is 4.68. The number of nitrogens with zero attached hydrogens (tertiary/aromatic N) is 4. The van der Waals surface area contributed by atoms with Crippen LogP contribution in [0.3, 0.4) is 0 Å². The maximum absolute atomic E-state index is 4.09. The Kier molecular flexibility index (Phi) is 4.15. The second kappa shape index (κ2) is 5.82. The number of nitrogens with one attached hydrogen (secondary N) is 1. The molecule has 0 aliphatic heterocycles. The molecule has 98 valence electrons. The highest BCUT2D eigenvalue weighted by Crippen LogP contribution is 2.13. The van der Waals surface area contributed by atoms with Crippen LogP contribution in [-0.2, 0) is 13.6 Å². The molecule has 1 N–H and O–H groups in total. The van der Waals surface area contributed by atoms with Crippen molar-refractivity contribution in [2.24, 2.45) is 7.05 Å². The zero-order valence-electron chi connectivity index (χ0n) is 11.3. The first-order valence-electron chi connectivity index (χ1n) is 6.43. The first-order valence-corrected chi connectivity index (χ1v) is 6.43. The van der Waals surface area contributed by atoms with Crippen LogP contribution >= 0.6 is 0 Å². The number of hydrogen-bond acceptors (Lipinski definition) is 3. The average molecular weight is 247 g/mol. The van der Waals surface area contributed by atoms with Crippen molar-refractivity contribution in [1.82, 2.24) is 24.9 Å². The normalized spacial score (nSPS) is 12.8. The van der Waals surface area contributed by atoms with Gasteiger partial charge in [-0.3, -0.25) is 4.68 Å². The topological polar surface area (TPSA) is 47.7 Å². The fourth-order valence-electron chi connectivity index (χ4n) is 1.95. The molecule has 2 heterocycles. The van der Waals surface area contributed by atoms with Crippen LogP contribution in [0.25, 0.3) is 0 Å². The van der Waals surface area contributed by atoms with Crippen molar-refractivity contribution < 1.29 is 0 Å².